The van der Waals surface area contributed by atoms with Crippen molar-refractivity contribution in [1.29, 1.82) is 0 Å². The topological polar surface area (TPSA) is 21.3 Å². The number of nitrogens with one attached hydrogen (secondary N) is 1. The van der Waals surface area contributed by atoms with Gasteiger partial charge in [0, 0.05) is 10.5 Å². The minimum atomic E-state index is -4.69. The number of hydrogen-bond acceptors (Lipinski definition) is 2. The maximum Gasteiger partial charge on any atom is 0.573 e. The first-order valence-electron chi connectivity index (χ1n) is 6.67. The molecule has 1 saturated carbocycles. The van der Waals surface area contributed by atoms with E-state index in [1.54, 1.807) is 12.1 Å². The van der Waals surface area contributed by atoms with Gasteiger partial charge in [-0.25, -0.2) is 0 Å². The van der Waals surface area contributed by atoms with Gasteiger partial charge in [0.25, 0.3) is 0 Å². The number of hydrogen-bond donors (Lipinski definition) is 1. The molecule has 6 heteroatoms. The average molecular weight is 352 g/mol. The van der Waals surface area contributed by atoms with Gasteiger partial charge in [0.1, 0.15) is 0 Å². The molecule has 1 aliphatic carbocycles. The summed E-state index contributed by atoms with van der Waals surface area (Å²) in [4.78, 5) is 0. The molecule has 20 heavy (non-hydrogen) atoms. The molecule has 0 spiro atoms. The van der Waals surface area contributed by atoms with Gasteiger partial charge >= 0.3 is 6.36 Å². The van der Waals surface area contributed by atoms with Crippen LogP contribution in [0.2, 0.25) is 0 Å². The van der Waals surface area contributed by atoms with E-state index >= 15 is 0 Å². The molecule has 2 nitrogen and oxygen atoms in total. The number of halogens is 4. The lowest BCUT2D eigenvalue weighted by Gasteiger charge is -2.31. The van der Waals surface area contributed by atoms with Crippen molar-refractivity contribution < 1.29 is 17.9 Å². The second-order valence-electron chi connectivity index (χ2n) is 5.20. The third-order valence-corrected chi connectivity index (χ3v) is 4.11. The highest BCUT2D eigenvalue weighted by Crippen LogP contribution is 2.35. The van der Waals surface area contributed by atoms with Crippen molar-refractivity contribution in [3.8, 4) is 5.75 Å². The monoisotopic (exact) mass is 351 g/mol. The Bertz CT molecular complexity index is 464. The fraction of sp³-hybridized carbons (Fsp3) is 0.571. The summed E-state index contributed by atoms with van der Waals surface area (Å²) in [5.41, 5.74) is 0.393. The SMILES string of the molecule is CC1CCCCC1Nc1ccc(Br)cc1OC(F)(F)F. The predicted molar refractivity (Wildman–Crippen MR) is 75.9 cm³/mol. The van der Waals surface area contributed by atoms with Crippen LogP contribution in [-0.4, -0.2) is 12.4 Å². The van der Waals surface area contributed by atoms with E-state index in [0.717, 1.165) is 19.3 Å². The lowest BCUT2D eigenvalue weighted by Crippen LogP contribution is -2.30. The number of alkyl halides is 3. The molecule has 0 saturated heterocycles. The van der Waals surface area contributed by atoms with Gasteiger partial charge in [-0.15, -0.1) is 13.2 Å². The molecule has 2 rings (SSSR count). The van der Waals surface area contributed by atoms with Crippen LogP contribution in [0.25, 0.3) is 0 Å². The number of ether oxygens (including phenoxy) is 1. The molecule has 1 aromatic rings. The van der Waals surface area contributed by atoms with Crippen molar-refractivity contribution in [2.75, 3.05) is 5.32 Å². The molecule has 1 aromatic carbocycles. The third-order valence-electron chi connectivity index (χ3n) is 3.62. The highest BCUT2D eigenvalue weighted by molar-refractivity contribution is 9.10. The maximum absolute atomic E-state index is 12.4. The molecule has 112 valence electrons. The van der Waals surface area contributed by atoms with Crippen LogP contribution >= 0.6 is 15.9 Å². The summed E-state index contributed by atoms with van der Waals surface area (Å²) in [7, 11) is 0. The molecule has 0 aliphatic heterocycles. The molecule has 0 aromatic heterocycles. The van der Waals surface area contributed by atoms with E-state index in [1.165, 1.54) is 12.5 Å². The highest BCUT2D eigenvalue weighted by atomic mass is 79.9. The number of rotatable bonds is 3. The largest absolute Gasteiger partial charge is 0.573 e. The van der Waals surface area contributed by atoms with Gasteiger partial charge in [0.15, 0.2) is 5.75 Å². The van der Waals surface area contributed by atoms with Crippen LogP contribution in [0.1, 0.15) is 32.6 Å². The standard InChI is InChI=1S/C14H17BrF3NO/c1-9-4-2-3-5-11(9)19-12-7-6-10(15)8-13(12)20-14(16,17)18/h6-9,11,19H,2-5H2,1H3. The van der Waals surface area contributed by atoms with Gasteiger partial charge in [-0.1, -0.05) is 35.7 Å². The molecule has 2 unspecified atom stereocenters. The normalized spacial score (nSPS) is 23.4. The summed E-state index contributed by atoms with van der Waals surface area (Å²) in [5, 5.41) is 3.20. The Labute approximate surface area is 124 Å². The average Bonchev–Trinajstić information content (AvgIpc) is 2.33. The van der Waals surface area contributed by atoms with Crippen molar-refractivity contribution in [2.24, 2.45) is 5.92 Å². The fourth-order valence-corrected chi connectivity index (χ4v) is 2.90. The quantitative estimate of drug-likeness (QED) is 0.793. The summed E-state index contributed by atoms with van der Waals surface area (Å²) >= 11 is 3.17. The molecule has 1 fully saturated rings. The van der Waals surface area contributed by atoms with Gasteiger partial charge in [-0.3, -0.25) is 0 Å². The second kappa shape index (κ2) is 6.24. The van der Waals surface area contributed by atoms with Crippen LogP contribution in [-0.2, 0) is 0 Å². The lowest BCUT2D eigenvalue weighted by molar-refractivity contribution is -0.274. The Morgan fingerprint density at radius 1 is 1.25 bits per heavy atom. The minimum absolute atomic E-state index is 0.190. The fourth-order valence-electron chi connectivity index (χ4n) is 2.55. The van der Waals surface area contributed by atoms with Gasteiger partial charge in [-0.05, 0) is 37.0 Å². The summed E-state index contributed by atoms with van der Waals surface area (Å²) < 4.78 is 42.0. The smallest absolute Gasteiger partial charge is 0.404 e. The molecular formula is C14H17BrF3NO. The van der Waals surface area contributed by atoms with Gasteiger partial charge in [-0.2, -0.15) is 0 Å². The van der Waals surface area contributed by atoms with E-state index in [4.69, 9.17) is 0 Å². The van der Waals surface area contributed by atoms with Crippen molar-refractivity contribution in [3.05, 3.63) is 22.7 Å². The first-order valence-corrected chi connectivity index (χ1v) is 7.46. The third kappa shape index (κ3) is 4.30. The van der Waals surface area contributed by atoms with E-state index in [9.17, 15) is 13.2 Å². The van der Waals surface area contributed by atoms with E-state index in [1.807, 2.05) is 0 Å². The van der Waals surface area contributed by atoms with Crippen molar-refractivity contribution in [1.82, 2.24) is 0 Å². The van der Waals surface area contributed by atoms with Gasteiger partial charge < -0.3 is 10.1 Å². The first kappa shape index (κ1) is 15.5. The van der Waals surface area contributed by atoms with E-state index in [0.29, 0.717) is 16.1 Å². The summed E-state index contributed by atoms with van der Waals surface area (Å²) in [6.45, 7) is 2.12. The molecule has 0 amide bonds. The number of benzene rings is 1. The van der Waals surface area contributed by atoms with Crippen LogP contribution in [0.4, 0.5) is 18.9 Å². The highest BCUT2D eigenvalue weighted by Gasteiger charge is 2.33. The second-order valence-corrected chi connectivity index (χ2v) is 6.12. The molecule has 0 heterocycles. The summed E-state index contributed by atoms with van der Waals surface area (Å²) in [6.07, 6.45) is -0.318. The zero-order chi connectivity index (χ0) is 14.8. The maximum atomic E-state index is 12.4. The molecule has 2 atom stereocenters. The molecular weight excluding hydrogens is 335 g/mol. The molecule has 1 aliphatic rings. The zero-order valence-electron chi connectivity index (χ0n) is 11.1. The van der Waals surface area contributed by atoms with Crippen LogP contribution < -0.4 is 10.1 Å². The summed E-state index contributed by atoms with van der Waals surface area (Å²) in [6, 6.07) is 4.86. The van der Waals surface area contributed by atoms with Crippen molar-refractivity contribution in [3.63, 3.8) is 0 Å². The van der Waals surface area contributed by atoms with Crippen LogP contribution in [0, 0.1) is 5.92 Å². The van der Waals surface area contributed by atoms with Gasteiger partial charge in [0.2, 0.25) is 0 Å². The van der Waals surface area contributed by atoms with Gasteiger partial charge in [0.05, 0.1) is 5.69 Å². The van der Waals surface area contributed by atoms with Crippen LogP contribution in [0.5, 0.6) is 5.75 Å². The number of anilines is 1. The summed E-state index contributed by atoms with van der Waals surface area (Å²) in [5.74, 6) is 0.260. The molecule has 0 radical (unpaired) electrons. The molecule has 0 bridgehead atoms. The van der Waals surface area contributed by atoms with Crippen LogP contribution in [0.3, 0.4) is 0 Å². The molecule has 1 N–H and O–H groups in total. The van der Waals surface area contributed by atoms with E-state index in [2.05, 4.69) is 32.9 Å². The zero-order valence-corrected chi connectivity index (χ0v) is 12.7. The Balaban J connectivity index is 2.17. The first-order chi connectivity index (χ1) is 9.35. The van der Waals surface area contributed by atoms with Crippen molar-refractivity contribution in [2.45, 2.75) is 45.0 Å². The Hall–Kier alpha value is -0.910. The van der Waals surface area contributed by atoms with Crippen molar-refractivity contribution >= 4 is 21.6 Å². The Morgan fingerprint density at radius 3 is 2.60 bits per heavy atom. The Morgan fingerprint density at radius 2 is 1.95 bits per heavy atom. The lowest BCUT2D eigenvalue weighted by atomic mass is 9.86. The van der Waals surface area contributed by atoms with Crippen LogP contribution in [0.15, 0.2) is 22.7 Å². The Kier molecular flexibility index (Phi) is 4.83. The minimum Gasteiger partial charge on any atom is -0.404 e. The van der Waals surface area contributed by atoms with E-state index in [-0.39, 0.29) is 11.8 Å². The van der Waals surface area contributed by atoms with E-state index < -0.39 is 6.36 Å². The predicted octanol–water partition coefficient (Wildman–Crippen LogP) is 5.34.